The summed E-state index contributed by atoms with van der Waals surface area (Å²) < 4.78 is 12.0. The molecule has 4 aromatic rings. The minimum Gasteiger partial charge on any atom is -0.486 e. The van der Waals surface area contributed by atoms with Crippen LogP contribution in [0, 0.1) is 6.92 Å². The molecule has 0 N–H and O–H groups in total. The molecule has 140 valence electrons. The van der Waals surface area contributed by atoms with Gasteiger partial charge in [0.05, 0.1) is 12.0 Å². The van der Waals surface area contributed by atoms with E-state index in [1.807, 2.05) is 61.5 Å². The van der Waals surface area contributed by atoms with Gasteiger partial charge in [0.15, 0.2) is 5.76 Å². The zero-order chi connectivity index (χ0) is 19.5. The van der Waals surface area contributed by atoms with Crippen molar-refractivity contribution in [2.75, 3.05) is 6.61 Å². The third-order valence-corrected chi connectivity index (χ3v) is 4.84. The summed E-state index contributed by atoms with van der Waals surface area (Å²) in [7, 11) is 0. The molecule has 0 saturated carbocycles. The largest absolute Gasteiger partial charge is 0.486 e. The van der Waals surface area contributed by atoms with Crippen molar-refractivity contribution in [1.82, 2.24) is 0 Å². The summed E-state index contributed by atoms with van der Waals surface area (Å²) >= 11 is 6.08. The van der Waals surface area contributed by atoms with E-state index in [1.165, 1.54) is 0 Å². The van der Waals surface area contributed by atoms with E-state index >= 15 is 0 Å². The highest BCUT2D eigenvalue weighted by Gasteiger charge is 2.18. The fourth-order valence-corrected chi connectivity index (χ4v) is 3.26. The summed E-state index contributed by atoms with van der Waals surface area (Å²) in [6.07, 6.45) is 0.696. The van der Waals surface area contributed by atoms with Crippen LogP contribution >= 0.6 is 11.6 Å². The van der Waals surface area contributed by atoms with Gasteiger partial charge in [-0.3, -0.25) is 4.79 Å². The van der Waals surface area contributed by atoms with Crippen molar-refractivity contribution in [3.8, 4) is 17.1 Å². The summed E-state index contributed by atoms with van der Waals surface area (Å²) in [6.45, 7) is 2.39. The Bertz CT molecular complexity index is 1160. The molecule has 3 nitrogen and oxygen atoms in total. The monoisotopic (exact) mass is 390 g/mol. The van der Waals surface area contributed by atoms with Crippen LogP contribution in [0.4, 0.5) is 0 Å². The molecular weight excluding hydrogens is 372 g/mol. The van der Waals surface area contributed by atoms with E-state index in [4.69, 9.17) is 20.8 Å². The second-order valence-corrected chi connectivity index (χ2v) is 7.12. The predicted molar refractivity (Wildman–Crippen MR) is 113 cm³/mol. The second kappa shape index (κ2) is 7.91. The van der Waals surface area contributed by atoms with Crippen LogP contribution in [0.25, 0.3) is 22.3 Å². The number of benzene rings is 3. The van der Waals surface area contributed by atoms with E-state index < -0.39 is 0 Å². The molecule has 0 atom stereocenters. The molecular formula is C24H19ClO3. The number of fused-ring (bicyclic) bond motifs is 1. The second-order valence-electron chi connectivity index (χ2n) is 6.68. The van der Waals surface area contributed by atoms with Crippen LogP contribution in [-0.2, 0) is 6.42 Å². The maximum absolute atomic E-state index is 13.1. The van der Waals surface area contributed by atoms with Crippen LogP contribution in [0.5, 0.6) is 5.75 Å². The molecule has 0 aliphatic rings. The average molecular weight is 391 g/mol. The first-order valence-corrected chi connectivity index (χ1v) is 9.50. The van der Waals surface area contributed by atoms with Crippen LogP contribution < -0.4 is 10.2 Å². The van der Waals surface area contributed by atoms with Crippen molar-refractivity contribution in [2.24, 2.45) is 0 Å². The summed E-state index contributed by atoms with van der Waals surface area (Å²) in [6, 6.07) is 22.9. The highest BCUT2D eigenvalue weighted by molar-refractivity contribution is 6.31. The summed E-state index contributed by atoms with van der Waals surface area (Å²) in [5, 5.41) is 0.899. The van der Waals surface area contributed by atoms with Gasteiger partial charge in [-0.2, -0.15) is 0 Å². The highest BCUT2D eigenvalue weighted by atomic mass is 35.5. The Morgan fingerprint density at radius 2 is 1.71 bits per heavy atom. The lowest BCUT2D eigenvalue weighted by Gasteiger charge is -2.12. The average Bonchev–Trinajstić information content (AvgIpc) is 2.71. The van der Waals surface area contributed by atoms with E-state index in [9.17, 15) is 4.79 Å². The number of aryl methyl sites for hydroxylation is 1. The van der Waals surface area contributed by atoms with Gasteiger partial charge in [-0.05, 0) is 30.7 Å². The minimum atomic E-state index is -0.215. The summed E-state index contributed by atoms with van der Waals surface area (Å²) in [5.74, 6) is 0.655. The normalized spacial score (nSPS) is 10.9. The number of ether oxygens (including phenoxy) is 1. The molecule has 1 heterocycles. The third kappa shape index (κ3) is 3.80. The molecule has 0 spiro atoms. The molecule has 0 unspecified atom stereocenters. The number of halogens is 1. The third-order valence-electron chi connectivity index (χ3n) is 4.60. The lowest BCUT2D eigenvalue weighted by atomic mass is 10.1. The van der Waals surface area contributed by atoms with Crippen molar-refractivity contribution in [2.45, 2.75) is 13.3 Å². The maximum atomic E-state index is 13.1. The van der Waals surface area contributed by atoms with Gasteiger partial charge in [0, 0.05) is 17.0 Å². The minimum absolute atomic E-state index is 0.215. The van der Waals surface area contributed by atoms with Gasteiger partial charge in [0.2, 0.25) is 11.2 Å². The highest BCUT2D eigenvalue weighted by Crippen LogP contribution is 2.32. The van der Waals surface area contributed by atoms with Gasteiger partial charge in [0.1, 0.15) is 5.58 Å². The number of rotatable bonds is 5. The van der Waals surface area contributed by atoms with Crippen LogP contribution in [0.15, 0.2) is 82.0 Å². The molecule has 28 heavy (non-hydrogen) atoms. The molecule has 0 bridgehead atoms. The van der Waals surface area contributed by atoms with Crippen molar-refractivity contribution >= 4 is 22.6 Å². The van der Waals surface area contributed by atoms with Gasteiger partial charge in [-0.15, -0.1) is 0 Å². The lowest BCUT2D eigenvalue weighted by molar-refractivity contribution is 0.313. The van der Waals surface area contributed by atoms with E-state index in [2.05, 4.69) is 0 Å². The van der Waals surface area contributed by atoms with E-state index in [0.29, 0.717) is 34.8 Å². The Kier molecular flexibility index (Phi) is 5.18. The van der Waals surface area contributed by atoms with E-state index in [1.54, 1.807) is 18.2 Å². The molecule has 4 heteroatoms. The molecule has 0 aliphatic carbocycles. The van der Waals surface area contributed by atoms with Gasteiger partial charge in [-0.1, -0.05) is 71.8 Å². The Hall–Kier alpha value is -3.04. The quantitative estimate of drug-likeness (QED) is 0.416. The summed E-state index contributed by atoms with van der Waals surface area (Å²) in [5.41, 5.74) is 3.35. The van der Waals surface area contributed by atoms with Gasteiger partial charge >= 0.3 is 0 Å². The zero-order valence-corrected chi connectivity index (χ0v) is 16.2. The molecule has 1 aromatic heterocycles. The molecule has 0 aliphatic heterocycles. The SMILES string of the molecule is Cc1ccc(-c2oc3ccc(Cl)cc3c(=O)c2OCCc2ccccc2)cc1. The summed E-state index contributed by atoms with van der Waals surface area (Å²) in [4.78, 5) is 13.1. The van der Waals surface area contributed by atoms with Crippen molar-refractivity contribution in [3.63, 3.8) is 0 Å². The standard InChI is InChI=1S/C24H19ClO3/c1-16-7-9-18(10-8-16)23-24(27-14-13-17-5-3-2-4-6-17)22(26)20-15-19(25)11-12-21(20)28-23/h2-12,15H,13-14H2,1H3. The zero-order valence-electron chi connectivity index (χ0n) is 15.4. The fourth-order valence-electron chi connectivity index (χ4n) is 3.09. The van der Waals surface area contributed by atoms with Crippen molar-refractivity contribution in [1.29, 1.82) is 0 Å². The Morgan fingerprint density at radius 3 is 2.46 bits per heavy atom. The Morgan fingerprint density at radius 1 is 0.964 bits per heavy atom. The molecule has 0 amide bonds. The van der Waals surface area contributed by atoms with Gasteiger partial charge in [0.25, 0.3) is 0 Å². The number of hydrogen-bond donors (Lipinski definition) is 0. The van der Waals surface area contributed by atoms with Crippen LogP contribution in [0.3, 0.4) is 0 Å². The maximum Gasteiger partial charge on any atom is 0.235 e. The first-order chi connectivity index (χ1) is 13.6. The van der Waals surface area contributed by atoms with Crippen molar-refractivity contribution < 1.29 is 9.15 Å². The first-order valence-electron chi connectivity index (χ1n) is 9.12. The molecule has 0 radical (unpaired) electrons. The van der Waals surface area contributed by atoms with Crippen LogP contribution in [0.2, 0.25) is 5.02 Å². The molecule has 0 fully saturated rings. The van der Waals surface area contributed by atoms with Gasteiger partial charge < -0.3 is 9.15 Å². The van der Waals surface area contributed by atoms with E-state index in [0.717, 1.165) is 16.7 Å². The fraction of sp³-hybridized carbons (Fsp3) is 0.125. The Balaban J connectivity index is 1.76. The number of hydrogen-bond acceptors (Lipinski definition) is 3. The first kappa shape index (κ1) is 18.3. The van der Waals surface area contributed by atoms with Crippen LogP contribution in [0.1, 0.15) is 11.1 Å². The molecule has 3 aromatic carbocycles. The lowest BCUT2D eigenvalue weighted by Crippen LogP contribution is -2.12. The predicted octanol–water partition coefficient (Wildman–Crippen LogP) is 6.04. The molecule has 0 saturated heterocycles. The van der Waals surface area contributed by atoms with Crippen molar-refractivity contribution in [3.05, 3.63) is 99.2 Å². The van der Waals surface area contributed by atoms with E-state index in [-0.39, 0.29) is 11.2 Å². The van der Waals surface area contributed by atoms with Gasteiger partial charge in [-0.25, -0.2) is 0 Å². The molecule has 4 rings (SSSR count). The Labute approximate surface area is 168 Å². The van der Waals surface area contributed by atoms with Crippen LogP contribution in [-0.4, -0.2) is 6.61 Å². The topological polar surface area (TPSA) is 39.4 Å². The smallest absolute Gasteiger partial charge is 0.235 e.